The molecule has 1 aliphatic heterocycles. The SMILES string of the molecule is Cc1cc(C(=O)NCC2COCc3c(C)nnn3C2)no1. The first-order valence-corrected chi connectivity index (χ1v) is 6.81. The third kappa shape index (κ3) is 2.94. The zero-order chi connectivity index (χ0) is 14.8. The number of fused-ring (bicyclic) bond motifs is 1. The molecule has 0 aromatic carbocycles. The summed E-state index contributed by atoms with van der Waals surface area (Å²) in [5.41, 5.74) is 2.17. The highest BCUT2D eigenvalue weighted by Gasteiger charge is 2.21. The second-order valence-corrected chi connectivity index (χ2v) is 5.22. The van der Waals surface area contributed by atoms with Crippen LogP contribution in [0, 0.1) is 19.8 Å². The largest absolute Gasteiger partial charge is 0.375 e. The van der Waals surface area contributed by atoms with Crippen molar-refractivity contribution in [3.8, 4) is 0 Å². The number of carbonyl (C=O) groups excluding carboxylic acids is 1. The number of amides is 1. The molecule has 0 fully saturated rings. The predicted octanol–water partition coefficient (Wildman–Crippen LogP) is 0.459. The Morgan fingerprint density at radius 2 is 2.38 bits per heavy atom. The van der Waals surface area contributed by atoms with E-state index in [-0.39, 0.29) is 11.8 Å². The molecule has 3 rings (SSSR count). The molecule has 1 amide bonds. The van der Waals surface area contributed by atoms with E-state index in [1.807, 2.05) is 11.6 Å². The van der Waals surface area contributed by atoms with Crippen LogP contribution in [0.4, 0.5) is 0 Å². The van der Waals surface area contributed by atoms with Gasteiger partial charge in [0.05, 0.1) is 24.6 Å². The van der Waals surface area contributed by atoms with Crippen LogP contribution in [0.2, 0.25) is 0 Å². The van der Waals surface area contributed by atoms with Crippen molar-refractivity contribution in [2.24, 2.45) is 5.92 Å². The average Bonchev–Trinajstić information content (AvgIpc) is 2.97. The number of ether oxygens (including phenoxy) is 1. The lowest BCUT2D eigenvalue weighted by Crippen LogP contribution is -2.33. The van der Waals surface area contributed by atoms with Crippen molar-refractivity contribution in [3.63, 3.8) is 0 Å². The normalized spacial score (nSPS) is 18.1. The first-order chi connectivity index (χ1) is 10.1. The average molecular weight is 291 g/mol. The molecule has 0 bridgehead atoms. The molecule has 1 aliphatic rings. The number of hydrogen-bond donors (Lipinski definition) is 1. The Morgan fingerprint density at radius 1 is 1.52 bits per heavy atom. The van der Waals surface area contributed by atoms with Crippen LogP contribution in [0.5, 0.6) is 0 Å². The first kappa shape index (κ1) is 13.7. The van der Waals surface area contributed by atoms with Gasteiger partial charge in [-0.1, -0.05) is 10.4 Å². The lowest BCUT2D eigenvalue weighted by Gasteiger charge is -2.14. The molecule has 8 nitrogen and oxygen atoms in total. The lowest BCUT2D eigenvalue weighted by atomic mass is 10.1. The number of hydrogen-bond acceptors (Lipinski definition) is 6. The molecular formula is C13H17N5O3. The summed E-state index contributed by atoms with van der Waals surface area (Å²) in [6.07, 6.45) is 0. The van der Waals surface area contributed by atoms with E-state index in [9.17, 15) is 4.79 Å². The molecule has 3 heterocycles. The fourth-order valence-electron chi connectivity index (χ4n) is 2.29. The summed E-state index contributed by atoms with van der Waals surface area (Å²) in [5, 5.41) is 14.7. The Hall–Kier alpha value is -2.22. The summed E-state index contributed by atoms with van der Waals surface area (Å²) >= 11 is 0. The fourth-order valence-corrected chi connectivity index (χ4v) is 2.29. The van der Waals surface area contributed by atoms with E-state index in [1.165, 1.54) is 0 Å². The Morgan fingerprint density at radius 3 is 3.14 bits per heavy atom. The van der Waals surface area contributed by atoms with Crippen molar-refractivity contribution in [1.29, 1.82) is 0 Å². The molecule has 0 spiro atoms. The standard InChI is InChI=1S/C13H17N5O3/c1-8-3-11(16-21-8)13(19)14-4-10-5-18-12(7-20-6-10)9(2)15-17-18/h3,10H,4-7H2,1-2H3,(H,14,19). The molecule has 112 valence electrons. The molecular weight excluding hydrogens is 274 g/mol. The van der Waals surface area contributed by atoms with Gasteiger partial charge in [0.15, 0.2) is 5.69 Å². The molecule has 2 aromatic heterocycles. The maximum Gasteiger partial charge on any atom is 0.273 e. The van der Waals surface area contributed by atoms with Crippen LogP contribution < -0.4 is 5.32 Å². The molecule has 1 N–H and O–H groups in total. The summed E-state index contributed by atoms with van der Waals surface area (Å²) in [5.74, 6) is 0.510. The minimum Gasteiger partial charge on any atom is -0.375 e. The summed E-state index contributed by atoms with van der Waals surface area (Å²) in [6, 6.07) is 1.61. The van der Waals surface area contributed by atoms with Gasteiger partial charge in [0, 0.05) is 25.1 Å². The van der Waals surface area contributed by atoms with Gasteiger partial charge in [0.25, 0.3) is 5.91 Å². The topological polar surface area (TPSA) is 95.1 Å². The number of aryl methyl sites for hydroxylation is 2. The van der Waals surface area contributed by atoms with E-state index in [0.29, 0.717) is 37.8 Å². The molecule has 0 saturated carbocycles. The number of nitrogens with zero attached hydrogens (tertiary/aromatic N) is 4. The van der Waals surface area contributed by atoms with E-state index < -0.39 is 0 Å². The van der Waals surface area contributed by atoms with Crippen molar-refractivity contribution in [2.75, 3.05) is 13.2 Å². The van der Waals surface area contributed by atoms with Crippen LogP contribution in [-0.4, -0.2) is 39.2 Å². The van der Waals surface area contributed by atoms with Crippen LogP contribution in [0.3, 0.4) is 0 Å². The van der Waals surface area contributed by atoms with Crippen LogP contribution in [0.25, 0.3) is 0 Å². The van der Waals surface area contributed by atoms with Crippen LogP contribution in [-0.2, 0) is 17.9 Å². The van der Waals surface area contributed by atoms with Gasteiger partial charge >= 0.3 is 0 Å². The second kappa shape index (κ2) is 5.65. The monoisotopic (exact) mass is 291 g/mol. The van der Waals surface area contributed by atoms with E-state index in [2.05, 4.69) is 20.8 Å². The number of nitrogens with one attached hydrogen (secondary N) is 1. The van der Waals surface area contributed by atoms with Crippen LogP contribution in [0.1, 0.15) is 27.6 Å². The van der Waals surface area contributed by atoms with Crippen molar-refractivity contribution in [3.05, 3.63) is 28.9 Å². The smallest absolute Gasteiger partial charge is 0.273 e. The number of aromatic nitrogens is 4. The van der Waals surface area contributed by atoms with Gasteiger partial charge in [-0.15, -0.1) is 5.10 Å². The van der Waals surface area contributed by atoms with Crippen molar-refractivity contribution in [1.82, 2.24) is 25.5 Å². The zero-order valence-electron chi connectivity index (χ0n) is 12.0. The third-order valence-corrected chi connectivity index (χ3v) is 3.47. The summed E-state index contributed by atoms with van der Waals surface area (Å²) in [7, 11) is 0. The first-order valence-electron chi connectivity index (χ1n) is 6.81. The predicted molar refractivity (Wildman–Crippen MR) is 71.5 cm³/mol. The minimum absolute atomic E-state index is 0.143. The molecule has 8 heteroatoms. The highest BCUT2D eigenvalue weighted by molar-refractivity contribution is 5.92. The summed E-state index contributed by atoms with van der Waals surface area (Å²) in [4.78, 5) is 11.9. The van der Waals surface area contributed by atoms with Gasteiger partial charge in [-0.2, -0.15) is 0 Å². The van der Waals surface area contributed by atoms with Gasteiger partial charge in [-0.3, -0.25) is 4.79 Å². The van der Waals surface area contributed by atoms with Crippen LogP contribution >= 0.6 is 0 Å². The van der Waals surface area contributed by atoms with Gasteiger partial charge in [-0.25, -0.2) is 4.68 Å². The Balaban J connectivity index is 1.59. The number of rotatable bonds is 3. The maximum absolute atomic E-state index is 11.9. The van der Waals surface area contributed by atoms with Gasteiger partial charge in [-0.05, 0) is 13.8 Å². The lowest BCUT2D eigenvalue weighted by molar-refractivity contribution is 0.0845. The quantitative estimate of drug-likeness (QED) is 0.882. The molecule has 1 atom stereocenters. The molecule has 21 heavy (non-hydrogen) atoms. The van der Waals surface area contributed by atoms with Crippen molar-refractivity contribution >= 4 is 5.91 Å². The molecule has 0 aliphatic carbocycles. The Bertz CT molecular complexity index is 648. The highest BCUT2D eigenvalue weighted by Crippen LogP contribution is 2.14. The van der Waals surface area contributed by atoms with Crippen molar-refractivity contribution in [2.45, 2.75) is 27.0 Å². The second-order valence-electron chi connectivity index (χ2n) is 5.22. The fraction of sp³-hybridized carbons (Fsp3) is 0.538. The van der Waals surface area contributed by atoms with Gasteiger partial charge in [0.1, 0.15) is 5.76 Å². The molecule has 1 unspecified atom stereocenters. The Labute approximate surface area is 121 Å². The van der Waals surface area contributed by atoms with Crippen molar-refractivity contribution < 1.29 is 14.1 Å². The zero-order valence-corrected chi connectivity index (χ0v) is 12.0. The summed E-state index contributed by atoms with van der Waals surface area (Å²) in [6.45, 7) is 5.90. The molecule has 0 saturated heterocycles. The van der Waals surface area contributed by atoms with Gasteiger partial charge < -0.3 is 14.6 Å². The van der Waals surface area contributed by atoms with Gasteiger partial charge in [0.2, 0.25) is 0 Å². The maximum atomic E-state index is 11.9. The summed E-state index contributed by atoms with van der Waals surface area (Å²) < 4.78 is 12.4. The highest BCUT2D eigenvalue weighted by atomic mass is 16.5. The molecule has 0 radical (unpaired) electrons. The van der Waals surface area contributed by atoms with Crippen LogP contribution in [0.15, 0.2) is 10.6 Å². The number of carbonyl (C=O) groups is 1. The van der Waals surface area contributed by atoms with E-state index >= 15 is 0 Å². The third-order valence-electron chi connectivity index (χ3n) is 3.47. The van der Waals surface area contributed by atoms with E-state index in [4.69, 9.17) is 9.26 Å². The van der Waals surface area contributed by atoms with E-state index in [0.717, 1.165) is 11.4 Å². The Kier molecular flexibility index (Phi) is 3.70. The minimum atomic E-state index is -0.244. The molecule has 2 aromatic rings. The van der Waals surface area contributed by atoms with E-state index in [1.54, 1.807) is 13.0 Å².